The number of rotatable bonds is 6. The summed E-state index contributed by atoms with van der Waals surface area (Å²) in [5.41, 5.74) is 2.35. The normalized spacial score (nSPS) is 18.9. The second kappa shape index (κ2) is 10.4. The van der Waals surface area contributed by atoms with Gasteiger partial charge in [-0.25, -0.2) is 14.8 Å². The average Bonchev–Trinajstić information content (AvgIpc) is 3.64. The Morgan fingerprint density at radius 3 is 2.58 bits per heavy atom. The molecule has 0 unspecified atom stereocenters. The Labute approximate surface area is 221 Å². The number of ether oxygens (including phenoxy) is 1. The number of carbonyl (C=O) groups excluding carboxylic acids is 2. The molecule has 5 rings (SSSR count). The Kier molecular flexibility index (Phi) is 7.21. The number of aromatic nitrogens is 3. The van der Waals surface area contributed by atoms with Gasteiger partial charge < -0.3 is 24.3 Å². The molecule has 2 saturated heterocycles. The van der Waals surface area contributed by atoms with Gasteiger partial charge in [0, 0.05) is 62.8 Å². The monoisotopic (exact) mass is 550 g/mol. The number of alkyl halides is 3. The molecule has 0 aliphatic carbocycles. The minimum Gasteiger partial charge on any atom is -0.456 e. The molecule has 1 atom stereocenters. The summed E-state index contributed by atoms with van der Waals surface area (Å²) in [6, 6.07) is 3.99. The average molecular weight is 551 g/mol. The van der Waals surface area contributed by atoms with Crippen LogP contribution in [0.4, 0.5) is 24.1 Å². The molecule has 0 aromatic carbocycles. The van der Waals surface area contributed by atoms with Crippen molar-refractivity contribution in [1.82, 2.24) is 19.7 Å². The SMILES string of the molecule is CC(C)c1cn2cccc2c(N2CC[C@H](NC(=O)c3csc(N4CCC(OC(=O)C(F)(F)F)CC4)n3)C2)n1. The number of hydrogen-bond acceptors (Lipinski definition) is 8. The smallest absolute Gasteiger partial charge is 0.456 e. The van der Waals surface area contributed by atoms with Crippen molar-refractivity contribution in [1.29, 1.82) is 0 Å². The molecule has 13 heteroatoms. The van der Waals surface area contributed by atoms with Gasteiger partial charge in [-0.3, -0.25) is 4.79 Å². The van der Waals surface area contributed by atoms with Crippen molar-refractivity contribution in [3.63, 3.8) is 0 Å². The fourth-order valence-corrected chi connectivity index (χ4v) is 5.64. The van der Waals surface area contributed by atoms with Crippen molar-refractivity contribution in [3.8, 4) is 0 Å². The maximum absolute atomic E-state index is 12.9. The van der Waals surface area contributed by atoms with Gasteiger partial charge in [-0.1, -0.05) is 13.8 Å². The number of thiazole rings is 1. The van der Waals surface area contributed by atoms with Gasteiger partial charge >= 0.3 is 12.1 Å². The fourth-order valence-electron chi connectivity index (χ4n) is 4.78. The number of esters is 1. The number of anilines is 2. The molecule has 0 spiro atoms. The lowest BCUT2D eigenvalue weighted by molar-refractivity contribution is -0.205. The van der Waals surface area contributed by atoms with E-state index in [2.05, 4.69) is 44.4 Å². The van der Waals surface area contributed by atoms with Gasteiger partial charge in [0.05, 0.1) is 11.2 Å². The topological polar surface area (TPSA) is 92.1 Å². The van der Waals surface area contributed by atoms with Crippen LogP contribution >= 0.6 is 11.3 Å². The molecular weight excluding hydrogens is 521 g/mol. The summed E-state index contributed by atoms with van der Waals surface area (Å²) in [6.07, 6.45) is -0.391. The van der Waals surface area contributed by atoms with Crippen LogP contribution in [0.25, 0.3) is 5.52 Å². The molecule has 2 aliphatic heterocycles. The van der Waals surface area contributed by atoms with E-state index in [9.17, 15) is 22.8 Å². The van der Waals surface area contributed by atoms with Crippen LogP contribution in [0.15, 0.2) is 29.9 Å². The van der Waals surface area contributed by atoms with Gasteiger partial charge in [0.2, 0.25) is 0 Å². The lowest BCUT2D eigenvalue weighted by Gasteiger charge is -2.31. The third-order valence-corrected chi connectivity index (χ3v) is 7.77. The Balaban J connectivity index is 1.16. The molecule has 0 saturated carbocycles. The minimum absolute atomic E-state index is 0.0498. The maximum Gasteiger partial charge on any atom is 0.490 e. The van der Waals surface area contributed by atoms with Crippen LogP contribution in [0, 0.1) is 0 Å². The van der Waals surface area contributed by atoms with E-state index in [1.54, 1.807) is 5.38 Å². The molecule has 3 aromatic rings. The summed E-state index contributed by atoms with van der Waals surface area (Å²) < 4.78 is 43.9. The first kappa shape index (κ1) is 26.3. The Hall–Kier alpha value is -3.35. The molecule has 3 aromatic heterocycles. The van der Waals surface area contributed by atoms with Crippen molar-refractivity contribution < 1.29 is 27.5 Å². The summed E-state index contributed by atoms with van der Waals surface area (Å²) in [5, 5.41) is 5.38. The van der Waals surface area contributed by atoms with Crippen LogP contribution in [0.5, 0.6) is 0 Å². The molecular formula is C25H29F3N6O3S. The van der Waals surface area contributed by atoms with Crippen LogP contribution < -0.4 is 15.1 Å². The fraction of sp³-hybridized carbons (Fsp3) is 0.520. The first-order valence-corrected chi connectivity index (χ1v) is 13.5. The minimum atomic E-state index is -4.99. The molecule has 2 aliphatic rings. The van der Waals surface area contributed by atoms with Crippen molar-refractivity contribution in [2.24, 2.45) is 0 Å². The highest BCUT2D eigenvalue weighted by Crippen LogP contribution is 2.29. The van der Waals surface area contributed by atoms with Crippen molar-refractivity contribution >= 4 is 39.7 Å². The van der Waals surface area contributed by atoms with Crippen LogP contribution in [0.2, 0.25) is 0 Å². The molecule has 38 heavy (non-hydrogen) atoms. The molecule has 0 radical (unpaired) electrons. The zero-order chi connectivity index (χ0) is 27.0. The van der Waals surface area contributed by atoms with E-state index in [0.29, 0.717) is 36.4 Å². The van der Waals surface area contributed by atoms with E-state index in [1.807, 2.05) is 23.2 Å². The number of fused-ring (bicyclic) bond motifs is 1. The number of hydrogen-bond donors (Lipinski definition) is 1. The summed E-state index contributed by atoms with van der Waals surface area (Å²) in [7, 11) is 0. The Bertz CT molecular complexity index is 1320. The number of halogens is 3. The van der Waals surface area contributed by atoms with Gasteiger partial charge in [-0.2, -0.15) is 13.2 Å². The number of piperidine rings is 1. The quantitative estimate of drug-likeness (QED) is 0.464. The van der Waals surface area contributed by atoms with Gasteiger partial charge in [-0.05, 0) is 24.5 Å². The Morgan fingerprint density at radius 1 is 1.13 bits per heavy atom. The van der Waals surface area contributed by atoms with Gasteiger partial charge in [0.1, 0.15) is 11.8 Å². The van der Waals surface area contributed by atoms with Gasteiger partial charge in [-0.15, -0.1) is 11.3 Å². The highest BCUT2D eigenvalue weighted by Gasteiger charge is 2.42. The third-order valence-electron chi connectivity index (χ3n) is 6.87. The van der Waals surface area contributed by atoms with Gasteiger partial charge in [0.15, 0.2) is 10.9 Å². The van der Waals surface area contributed by atoms with Crippen molar-refractivity contribution in [2.75, 3.05) is 36.0 Å². The van der Waals surface area contributed by atoms with Gasteiger partial charge in [0.25, 0.3) is 5.91 Å². The largest absolute Gasteiger partial charge is 0.490 e. The second-order valence-corrected chi connectivity index (χ2v) is 10.8. The predicted molar refractivity (Wildman–Crippen MR) is 137 cm³/mol. The van der Waals surface area contributed by atoms with E-state index in [4.69, 9.17) is 4.98 Å². The standard InChI is InChI=1S/C25H29F3N6O3S/c1-15(2)18-13-33-8-3-4-20(33)21(30-18)34-9-5-16(12-34)29-22(35)19-14-38-24(31-19)32-10-6-17(7-11-32)37-23(36)25(26,27)28/h3-4,8,13-17H,5-7,9-12H2,1-2H3,(H,29,35)/t16-/m0/s1. The maximum atomic E-state index is 12.9. The molecule has 1 amide bonds. The lowest BCUT2D eigenvalue weighted by Crippen LogP contribution is -2.40. The third kappa shape index (κ3) is 5.57. The van der Waals surface area contributed by atoms with E-state index in [1.165, 1.54) is 11.3 Å². The molecule has 204 valence electrons. The first-order valence-electron chi connectivity index (χ1n) is 12.6. The van der Waals surface area contributed by atoms with Crippen molar-refractivity contribution in [3.05, 3.63) is 41.3 Å². The molecule has 9 nitrogen and oxygen atoms in total. The summed E-state index contributed by atoms with van der Waals surface area (Å²) in [5.74, 6) is -1.21. The van der Waals surface area contributed by atoms with Crippen LogP contribution in [0.1, 0.15) is 55.2 Å². The van der Waals surface area contributed by atoms with E-state index >= 15 is 0 Å². The van der Waals surface area contributed by atoms with Crippen molar-refractivity contribution in [2.45, 2.75) is 57.3 Å². The zero-order valence-corrected chi connectivity index (χ0v) is 21.9. The number of amides is 1. The Morgan fingerprint density at radius 2 is 1.87 bits per heavy atom. The molecule has 1 N–H and O–H groups in total. The zero-order valence-electron chi connectivity index (χ0n) is 21.1. The lowest BCUT2D eigenvalue weighted by atomic mass is 10.1. The van der Waals surface area contributed by atoms with E-state index in [0.717, 1.165) is 30.0 Å². The molecule has 5 heterocycles. The highest BCUT2D eigenvalue weighted by atomic mass is 32.1. The number of nitrogens with one attached hydrogen (secondary N) is 1. The highest BCUT2D eigenvalue weighted by molar-refractivity contribution is 7.13. The summed E-state index contributed by atoms with van der Waals surface area (Å²) in [4.78, 5) is 37.5. The second-order valence-electron chi connectivity index (χ2n) is 9.95. The predicted octanol–water partition coefficient (Wildman–Crippen LogP) is 4.00. The van der Waals surface area contributed by atoms with E-state index in [-0.39, 0.29) is 24.8 Å². The summed E-state index contributed by atoms with van der Waals surface area (Å²) >= 11 is 1.31. The molecule has 2 fully saturated rings. The summed E-state index contributed by atoms with van der Waals surface area (Å²) in [6.45, 7) is 6.42. The number of carbonyl (C=O) groups is 2. The van der Waals surface area contributed by atoms with Crippen LogP contribution in [-0.2, 0) is 9.53 Å². The number of nitrogens with zero attached hydrogens (tertiary/aromatic N) is 5. The van der Waals surface area contributed by atoms with Crippen LogP contribution in [-0.4, -0.2) is 70.7 Å². The molecule has 0 bridgehead atoms. The van der Waals surface area contributed by atoms with Crippen LogP contribution in [0.3, 0.4) is 0 Å². The first-order chi connectivity index (χ1) is 18.1. The van der Waals surface area contributed by atoms with E-state index < -0.39 is 18.2 Å².